The Morgan fingerprint density at radius 2 is 2.48 bits per heavy atom. The summed E-state index contributed by atoms with van der Waals surface area (Å²) in [6.45, 7) is -2.18. The minimum Gasteiger partial charge on any atom is -0.447 e. The van der Waals surface area contributed by atoms with Crippen LogP contribution in [0.3, 0.4) is 0 Å². The van der Waals surface area contributed by atoms with Crippen molar-refractivity contribution in [2.45, 2.75) is 18.9 Å². The maximum Gasteiger partial charge on any atom is 0.407 e. The number of nitrogens with one attached hydrogen (secondary N) is 2. The first-order chi connectivity index (χ1) is 13.3. The van der Waals surface area contributed by atoms with E-state index < -0.39 is 25.2 Å². The molecular weight excluding hydrogens is 266 g/mol. The molecule has 3 rings (SSSR count). The number of hydrogen-bond donors (Lipinski definition) is 2. The summed E-state index contributed by atoms with van der Waals surface area (Å²) >= 11 is 0. The van der Waals surface area contributed by atoms with Crippen LogP contribution >= 0.6 is 0 Å². The average Bonchev–Trinajstić information content (AvgIpc) is 3.08. The number of aromatic amines is 1. The first-order valence-corrected chi connectivity index (χ1v) is 6.55. The van der Waals surface area contributed by atoms with Crippen LogP contribution in [0.15, 0.2) is 24.3 Å². The Morgan fingerprint density at radius 3 is 3.19 bits per heavy atom. The summed E-state index contributed by atoms with van der Waals surface area (Å²) in [6.07, 6.45) is -0.198. The fraction of sp³-hybridized carbons (Fsp3) is 0.438. The molecule has 0 aliphatic carbocycles. The third kappa shape index (κ3) is 3.19. The topological polar surface area (TPSA) is 57.4 Å². The zero-order chi connectivity index (χ0) is 21.9. The van der Waals surface area contributed by atoms with Crippen LogP contribution in [0.4, 0.5) is 4.79 Å². The van der Waals surface area contributed by atoms with Crippen molar-refractivity contribution in [2.24, 2.45) is 0 Å². The number of H-pyrrole nitrogens is 1. The van der Waals surface area contributed by atoms with Gasteiger partial charge in [0.05, 0.1) is 11.5 Å². The first kappa shape index (κ1) is 7.31. The lowest BCUT2D eigenvalue weighted by Crippen LogP contribution is -2.28. The Labute approximate surface area is 135 Å². The van der Waals surface area contributed by atoms with Gasteiger partial charge >= 0.3 is 6.09 Å². The van der Waals surface area contributed by atoms with Crippen molar-refractivity contribution in [1.82, 2.24) is 15.2 Å². The molecule has 0 spiro atoms. The molecule has 1 aliphatic heterocycles. The average molecular weight is 295 g/mol. The molecule has 0 bridgehead atoms. The van der Waals surface area contributed by atoms with E-state index in [4.69, 9.17) is 15.8 Å². The number of fused-ring (bicyclic) bond motifs is 1. The number of benzene rings is 1. The number of likely N-dealkylation sites (N-methyl/N-ethyl adjacent to an activating group) is 1. The fourth-order valence-electron chi connectivity index (χ4n) is 2.07. The van der Waals surface area contributed by atoms with Crippen LogP contribution < -0.4 is 5.31 Å². The molecule has 0 saturated carbocycles. The maximum atomic E-state index is 11.5. The molecule has 0 unspecified atom stereocenters. The van der Waals surface area contributed by atoms with Crippen molar-refractivity contribution in [1.29, 1.82) is 0 Å². The van der Waals surface area contributed by atoms with Gasteiger partial charge in [0.2, 0.25) is 0 Å². The second-order valence-electron chi connectivity index (χ2n) is 5.00. The Morgan fingerprint density at radius 1 is 1.62 bits per heavy atom. The molecule has 1 aliphatic rings. The second-order valence-corrected chi connectivity index (χ2v) is 5.00. The number of carbonyl (C=O) groups is 1. The number of amides is 1. The van der Waals surface area contributed by atoms with Gasteiger partial charge in [0.15, 0.2) is 2.82 Å². The van der Waals surface area contributed by atoms with Crippen LogP contribution in [0.2, 0.25) is 2.82 Å². The lowest BCUT2D eigenvalue weighted by Gasteiger charge is -2.09. The van der Waals surface area contributed by atoms with Gasteiger partial charge in [0, 0.05) is 26.3 Å². The highest BCUT2D eigenvalue weighted by Crippen LogP contribution is 2.21. The van der Waals surface area contributed by atoms with E-state index in [9.17, 15) is 4.79 Å². The van der Waals surface area contributed by atoms with Gasteiger partial charge in [-0.05, 0) is 50.1 Å². The lowest BCUT2D eigenvalue weighted by atomic mass is 10.0. The van der Waals surface area contributed by atoms with Gasteiger partial charge in [-0.3, -0.25) is 0 Å². The zero-order valence-electron chi connectivity index (χ0n) is 19.9. The highest BCUT2D eigenvalue weighted by Gasteiger charge is 2.22. The predicted molar refractivity (Wildman–Crippen MR) is 82.5 cm³/mol. The number of aromatic nitrogens is 1. The molecule has 112 valence electrons. The van der Waals surface area contributed by atoms with Crippen LogP contribution in [0, 0.1) is 0 Å². The van der Waals surface area contributed by atoms with Gasteiger partial charge in [-0.25, -0.2) is 4.79 Å². The Balaban J connectivity index is 2.18. The number of carbonyl (C=O) groups excluding carboxylic acids is 1. The van der Waals surface area contributed by atoms with Gasteiger partial charge in [0.1, 0.15) is 6.61 Å². The number of rotatable bonds is 5. The highest BCUT2D eigenvalue weighted by molar-refractivity contribution is 5.84. The van der Waals surface area contributed by atoms with E-state index in [0.29, 0.717) is 10.9 Å². The summed E-state index contributed by atoms with van der Waals surface area (Å²) in [6, 6.07) is -2.75. The van der Waals surface area contributed by atoms with Gasteiger partial charge in [0.25, 0.3) is 0 Å². The van der Waals surface area contributed by atoms with Crippen LogP contribution in [0.1, 0.15) is 19.4 Å². The summed E-state index contributed by atoms with van der Waals surface area (Å²) in [5, 5.41) is 0.508. The molecule has 5 heteroatoms. The summed E-state index contributed by atoms with van der Waals surface area (Å²) in [5.41, 5.74) is 0.314. The molecular formula is C16H21N3O2. The molecule has 1 atom stereocenters. The standard InChI is InChI=1S/C16H21N3O2/c1-19(2)6-5-12-9-17-15-4-3-11(8-14(12)15)7-13-10-21-16(20)18-13/h3-4,8-9,13,17H,5-7,10H2,1-2H3,(H,18,20)/t13-/m0/s1/i3D,4D,6D2,8D,13D/hD2. The minimum absolute atomic E-state index is 0.00816. The predicted octanol–water partition coefficient (Wildman–Crippen LogP) is 1.92. The van der Waals surface area contributed by atoms with Gasteiger partial charge in [-0.15, -0.1) is 0 Å². The molecule has 0 radical (unpaired) electrons. The fourth-order valence-corrected chi connectivity index (χ4v) is 2.07. The van der Waals surface area contributed by atoms with E-state index in [1.54, 1.807) is 14.1 Å². The van der Waals surface area contributed by atoms with E-state index in [0.717, 1.165) is 4.98 Å². The molecule has 1 aromatic carbocycles. The molecule has 2 heterocycles. The summed E-state index contributed by atoms with van der Waals surface area (Å²) in [5.74, 6) is 0. The number of ether oxygens (including phenoxy) is 1. The third-order valence-electron chi connectivity index (χ3n) is 3.09. The van der Waals surface area contributed by atoms with Gasteiger partial charge in [-0.1, -0.05) is 6.04 Å². The number of cyclic esters (lactones) is 1. The Hall–Kier alpha value is -2.01. The van der Waals surface area contributed by atoms with Crippen LogP contribution in [0.25, 0.3) is 10.9 Å². The number of aryl methyl sites for hydroxylation is 1. The van der Waals surface area contributed by atoms with Crippen molar-refractivity contribution >= 4 is 17.0 Å². The number of nitrogens with zero attached hydrogens (tertiary/aromatic N) is 1. The molecule has 21 heavy (non-hydrogen) atoms. The highest BCUT2D eigenvalue weighted by atomic mass is 16.6. The molecule has 5 nitrogen and oxygen atoms in total. The van der Waals surface area contributed by atoms with Crippen molar-refractivity contribution < 1.29 is 20.6 Å². The molecule has 1 amide bonds. The van der Waals surface area contributed by atoms with E-state index >= 15 is 0 Å². The van der Waals surface area contributed by atoms with Crippen LogP contribution in [-0.2, 0) is 17.6 Å². The van der Waals surface area contributed by atoms with E-state index in [2.05, 4.69) is 0 Å². The first-order valence-electron chi connectivity index (χ1n) is 10.4. The number of alkyl carbamates (subject to hydrolysis) is 1. The van der Waals surface area contributed by atoms with Crippen LogP contribution in [0.5, 0.6) is 0 Å². The van der Waals surface area contributed by atoms with Gasteiger partial charge in [-0.2, -0.15) is 0 Å². The quantitative estimate of drug-likeness (QED) is 0.886. The summed E-state index contributed by atoms with van der Waals surface area (Å²) < 4.78 is 70.3. The SMILES string of the molecule is [2H]c1c(C[C@@]2([2H])COC(=O)N2[2H])c([2H])c2c(CC([2H])([2H])N(C)C)cn([2H])c2c1[2H]. The monoisotopic (exact) mass is 295 g/mol. The third-order valence-corrected chi connectivity index (χ3v) is 3.09. The zero-order valence-corrected chi connectivity index (χ0v) is 11.9. The number of hydrogen-bond acceptors (Lipinski definition) is 3. The van der Waals surface area contributed by atoms with E-state index in [1.807, 2.05) is 0 Å². The van der Waals surface area contributed by atoms with E-state index in [-0.39, 0.29) is 47.4 Å². The van der Waals surface area contributed by atoms with E-state index in [1.165, 1.54) is 11.1 Å². The molecule has 1 saturated heterocycles. The van der Waals surface area contributed by atoms with Gasteiger partial charge < -0.3 is 19.9 Å². The largest absolute Gasteiger partial charge is 0.447 e. The summed E-state index contributed by atoms with van der Waals surface area (Å²) in [7, 11) is 3.13. The molecule has 1 fully saturated rings. The second kappa shape index (κ2) is 5.77. The van der Waals surface area contributed by atoms with Crippen molar-refractivity contribution in [3.63, 3.8) is 0 Å². The van der Waals surface area contributed by atoms with Crippen molar-refractivity contribution in [3.05, 3.63) is 35.5 Å². The molecule has 2 aromatic rings. The van der Waals surface area contributed by atoms with Crippen molar-refractivity contribution in [2.75, 3.05) is 27.2 Å². The Kier molecular flexibility index (Phi) is 2.01. The smallest absolute Gasteiger partial charge is 0.407 e. The molecule has 1 aromatic heterocycles. The minimum atomic E-state index is -1.84. The van der Waals surface area contributed by atoms with Crippen LogP contribution in [-0.4, -0.2) is 49.2 Å². The summed E-state index contributed by atoms with van der Waals surface area (Å²) in [4.78, 5) is 13.7. The normalized spacial score (nSPS) is 28.3. The lowest BCUT2D eigenvalue weighted by molar-refractivity contribution is 0.177. The molecule has 2 N–H and O–H groups in total. The van der Waals surface area contributed by atoms with Crippen molar-refractivity contribution in [3.8, 4) is 0 Å². The maximum absolute atomic E-state index is 11.5. The Bertz CT molecular complexity index is 993.